The number of allylic oxidation sites excluding steroid dienone is 8. The average Bonchev–Trinajstić information content (AvgIpc) is 3.32. The molecule has 0 amide bonds. The number of hydrogen-bond donors (Lipinski definition) is 0. The minimum absolute atomic E-state index is 0.0813. The predicted molar refractivity (Wildman–Crippen MR) is 288 cm³/mol. The van der Waals surface area contributed by atoms with Crippen molar-refractivity contribution < 1.29 is 23.8 Å². The molecular formula is C61H112O5. The van der Waals surface area contributed by atoms with E-state index >= 15 is 0 Å². The predicted octanol–water partition coefficient (Wildman–Crippen LogP) is 19.9. The van der Waals surface area contributed by atoms with Crippen LogP contribution in [-0.2, 0) is 23.8 Å². The van der Waals surface area contributed by atoms with E-state index in [9.17, 15) is 9.59 Å². The van der Waals surface area contributed by atoms with Crippen LogP contribution in [0.15, 0.2) is 48.6 Å². The van der Waals surface area contributed by atoms with Crippen molar-refractivity contribution in [3.05, 3.63) is 48.6 Å². The van der Waals surface area contributed by atoms with Gasteiger partial charge >= 0.3 is 11.9 Å². The molecule has 1 atom stereocenters. The van der Waals surface area contributed by atoms with Gasteiger partial charge in [0.2, 0.25) is 0 Å². The molecule has 1 unspecified atom stereocenters. The van der Waals surface area contributed by atoms with Crippen molar-refractivity contribution in [3.63, 3.8) is 0 Å². The highest BCUT2D eigenvalue weighted by molar-refractivity contribution is 5.70. The van der Waals surface area contributed by atoms with Gasteiger partial charge in [-0.1, -0.05) is 236 Å². The molecule has 0 aliphatic rings. The van der Waals surface area contributed by atoms with Gasteiger partial charge in [-0.25, -0.2) is 0 Å². The molecule has 0 saturated heterocycles. The minimum atomic E-state index is -0.542. The van der Waals surface area contributed by atoms with Crippen LogP contribution < -0.4 is 0 Å². The van der Waals surface area contributed by atoms with Crippen molar-refractivity contribution in [3.8, 4) is 0 Å². The highest BCUT2D eigenvalue weighted by atomic mass is 16.6. The van der Waals surface area contributed by atoms with Gasteiger partial charge in [0.15, 0.2) is 6.10 Å². The average molecular weight is 926 g/mol. The number of ether oxygens (including phenoxy) is 3. The largest absolute Gasteiger partial charge is 0.462 e. The first-order chi connectivity index (χ1) is 32.6. The second-order valence-corrected chi connectivity index (χ2v) is 19.5. The Balaban J connectivity index is 4.25. The van der Waals surface area contributed by atoms with Crippen LogP contribution in [0.1, 0.15) is 303 Å². The zero-order valence-electron chi connectivity index (χ0n) is 44.5. The number of esters is 2. The number of carbonyl (C=O) groups excluding carboxylic acids is 2. The number of carbonyl (C=O) groups is 2. The zero-order valence-corrected chi connectivity index (χ0v) is 44.5. The Morgan fingerprint density at radius 1 is 0.333 bits per heavy atom. The Labute approximate surface area is 412 Å². The fourth-order valence-corrected chi connectivity index (χ4v) is 8.41. The molecule has 0 aliphatic carbocycles. The zero-order chi connectivity index (χ0) is 47.7. The Morgan fingerprint density at radius 3 is 1.06 bits per heavy atom. The second-order valence-electron chi connectivity index (χ2n) is 19.5. The maximum atomic E-state index is 12.9. The van der Waals surface area contributed by atoms with Crippen molar-refractivity contribution in [1.82, 2.24) is 0 Å². The smallest absolute Gasteiger partial charge is 0.306 e. The maximum Gasteiger partial charge on any atom is 0.306 e. The van der Waals surface area contributed by atoms with Crippen LogP contribution in [0.2, 0.25) is 0 Å². The van der Waals surface area contributed by atoms with Crippen LogP contribution in [0.4, 0.5) is 0 Å². The standard InChI is InChI=1S/C61H112O5/c1-4-7-10-13-16-19-22-25-28-30-31-33-34-36-39-42-45-48-51-54-60(62)65-58-59(57-64-56-53-50-47-44-41-38-27-24-21-18-15-12-9-6-3)66-61(63)55-52-49-46-43-40-37-35-32-29-26-23-20-17-14-11-8-5-2/h16,19,21,24-26,28-29,59H,4-15,17-18,20,22-23,27,30-58H2,1-3H3/b19-16-,24-21-,28-25-,29-26-. The van der Waals surface area contributed by atoms with E-state index in [2.05, 4.69) is 69.4 Å². The molecule has 0 aromatic heterocycles. The molecule has 0 spiro atoms. The summed E-state index contributed by atoms with van der Waals surface area (Å²) in [6.07, 6.45) is 71.3. The van der Waals surface area contributed by atoms with Gasteiger partial charge in [0.25, 0.3) is 0 Å². The van der Waals surface area contributed by atoms with Gasteiger partial charge < -0.3 is 14.2 Å². The van der Waals surface area contributed by atoms with E-state index in [0.717, 1.165) is 51.4 Å². The molecule has 0 N–H and O–H groups in total. The van der Waals surface area contributed by atoms with E-state index in [0.29, 0.717) is 19.4 Å². The summed E-state index contributed by atoms with van der Waals surface area (Å²) in [7, 11) is 0. The van der Waals surface area contributed by atoms with E-state index in [4.69, 9.17) is 14.2 Å². The molecule has 0 fully saturated rings. The van der Waals surface area contributed by atoms with Gasteiger partial charge in [-0.3, -0.25) is 9.59 Å². The third kappa shape index (κ3) is 54.5. The van der Waals surface area contributed by atoms with Crippen LogP contribution in [0.3, 0.4) is 0 Å². The lowest BCUT2D eigenvalue weighted by molar-refractivity contribution is -0.163. The SMILES string of the molecule is CCCCC/C=C\C/C=C\CCCCCCCCCCCC(=O)OCC(COCCCCCCCC/C=C\CCCCCC)OC(=O)CCCCCCCCC/C=C\CCCCCCCC. The number of rotatable bonds is 54. The monoisotopic (exact) mass is 925 g/mol. The Morgan fingerprint density at radius 2 is 0.636 bits per heavy atom. The van der Waals surface area contributed by atoms with Crippen molar-refractivity contribution in [2.75, 3.05) is 19.8 Å². The van der Waals surface area contributed by atoms with Gasteiger partial charge in [-0.2, -0.15) is 0 Å². The van der Waals surface area contributed by atoms with Gasteiger partial charge in [0.1, 0.15) is 6.61 Å². The van der Waals surface area contributed by atoms with Gasteiger partial charge in [0, 0.05) is 19.4 Å². The summed E-state index contributed by atoms with van der Waals surface area (Å²) in [6, 6.07) is 0. The molecule has 0 aliphatic heterocycles. The Bertz CT molecular complexity index is 1090. The van der Waals surface area contributed by atoms with Gasteiger partial charge in [0.05, 0.1) is 6.61 Å². The van der Waals surface area contributed by atoms with Gasteiger partial charge in [-0.15, -0.1) is 0 Å². The van der Waals surface area contributed by atoms with E-state index < -0.39 is 6.10 Å². The van der Waals surface area contributed by atoms with Crippen LogP contribution in [0, 0.1) is 0 Å². The molecular weight excluding hydrogens is 813 g/mol. The molecule has 0 saturated carbocycles. The first-order valence-corrected chi connectivity index (χ1v) is 29.2. The fourth-order valence-electron chi connectivity index (χ4n) is 8.41. The number of unbranched alkanes of at least 4 members (excludes halogenated alkanes) is 35. The third-order valence-corrected chi connectivity index (χ3v) is 12.8. The van der Waals surface area contributed by atoms with E-state index in [1.807, 2.05) is 0 Å². The summed E-state index contributed by atoms with van der Waals surface area (Å²) >= 11 is 0. The highest BCUT2D eigenvalue weighted by Crippen LogP contribution is 2.15. The molecule has 0 radical (unpaired) electrons. The topological polar surface area (TPSA) is 61.8 Å². The molecule has 0 rings (SSSR count). The lowest BCUT2D eigenvalue weighted by atomic mass is 10.1. The summed E-state index contributed by atoms with van der Waals surface area (Å²) < 4.78 is 17.5. The second kappa shape index (κ2) is 57.2. The number of hydrogen-bond acceptors (Lipinski definition) is 5. The Kier molecular flexibility index (Phi) is 55.3. The summed E-state index contributed by atoms with van der Waals surface area (Å²) in [6.45, 7) is 7.81. The molecule has 0 bridgehead atoms. The Hall–Kier alpha value is -2.14. The van der Waals surface area contributed by atoms with Crippen LogP contribution in [-0.4, -0.2) is 37.9 Å². The minimum Gasteiger partial charge on any atom is -0.462 e. The lowest BCUT2D eigenvalue weighted by Gasteiger charge is -2.18. The van der Waals surface area contributed by atoms with Crippen LogP contribution >= 0.6 is 0 Å². The molecule has 0 aromatic rings. The van der Waals surface area contributed by atoms with Crippen molar-refractivity contribution in [2.45, 2.75) is 309 Å². The molecule has 5 heteroatoms. The van der Waals surface area contributed by atoms with Gasteiger partial charge in [-0.05, 0) is 103 Å². The van der Waals surface area contributed by atoms with Crippen molar-refractivity contribution >= 4 is 11.9 Å². The summed E-state index contributed by atoms with van der Waals surface area (Å²) in [5.41, 5.74) is 0. The maximum absolute atomic E-state index is 12.9. The molecule has 386 valence electrons. The quantitative estimate of drug-likeness (QED) is 0.0345. The third-order valence-electron chi connectivity index (χ3n) is 12.8. The van der Waals surface area contributed by atoms with E-state index in [-0.39, 0.29) is 25.2 Å². The fraction of sp³-hybridized carbons (Fsp3) is 0.836. The summed E-state index contributed by atoms with van der Waals surface area (Å²) in [4.78, 5) is 25.5. The first-order valence-electron chi connectivity index (χ1n) is 29.2. The van der Waals surface area contributed by atoms with Crippen LogP contribution in [0.5, 0.6) is 0 Å². The normalized spacial score (nSPS) is 12.5. The van der Waals surface area contributed by atoms with E-state index in [1.54, 1.807) is 0 Å². The molecule has 0 heterocycles. The highest BCUT2D eigenvalue weighted by Gasteiger charge is 2.17. The summed E-state index contributed by atoms with van der Waals surface area (Å²) in [5.74, 6) is -0.396. The van der Waals surface area contributed by atoms with Crippen molar-refractivity contribution in [1.29, 1.82) is 0 Å². The van der Waals surface area contributed by atoms with Crippen molar-refractivity contribution in [2.24, 2.45) is 0 Å². The van der Waals surface area contributed by atoms with E-state index in [1.165, 1.54) is 218 Å². The summed E-state index contributed by atoms with van der Waals surface area (Å²) in [5, 5.41) is 0. The first kappa shape index (κ1) is 63.9. The molecule has 66 heavy (non-hydrogen) atoms. The lowest BCUT2D eigenvalue weighted by Crippen LogP contribution is -2.30. The molecule has 5 nitrogen and oxygen atoms in total. The van der Waals surface area contributed by atoms with Crippen LogP contribution in [0.25, 0.3) is 0 Å². The molecule has 0 aromatic carbocycles.